The van der Waals surface area contributed by atoms with Gasteiger partial charge in [-0.3, -0.25) is 9.69 Å². The zero-order valence-electron chi connectivity index (χ0n) is 14.7. The van der Waals surface area contributed by atoms with Crippen LogP contribution in [0.4, 0.5) is 10.5 Å². The van der Waals surface area contributed by atoms with E-state index in [1.165, 1.54) is 4.90 Å². The summed E-state index contributed by atoms with van der Waals surface area (Å²) in [6.07, 6.45) is 0.854. The largest absolute Gasteiger partial charge is 0.497 e. The minimum absolute atomic E-state index is 0.0615. The Hall–Kier alpha value is -2.44. The molecule has 132 valence electrons. The summed E-state index contributed by atoms with van der Waals surface area (Å²) >= 11 is 0. The monoisotopic (exact) mass is 335 g/mol. The van der Waals surface area contributed by atoms with Gasteiger partial charge in [0.15, 0.2) is 0 Å². The van der Waals surface area contributed by atoms with Gasteiger partial charge in [0.1, 0.15) is 18.0 Å². The molecule has 24 heavy (non-hydrogen) atoms. The van der Waals surface area contributed by atoms with Crippen molar-refractivity contribution in [2.24, 2.45) is 0 Å². The third-order valence-corrected chi connectivity index (χ3v) is 4.13. The Bertz CT molecular complexity index is 605. The smallest absolute Gasteiger partial charge is 0.325 e. The van der Waals surface area contributed by atoms with E-state index in [4.69, 9.17) is 9.47 Å². The molecule has 0 aliphatic carbocycles. The van der Waals surface area contributed by atoms with Crippen molar-refractivity contribution in [2.75, 3.05) is 38.8 Å². The highest BCUT2D eigenvalue weighted by Crippen LogP contribution is 2.34. The van der Waals surface area contributed by atoms with Gasteiger partial charge in [0.05, 0.1) is 19.9 Å². The van der Waals surface area contributed by atoms with Gasteiger partial charge in [-0.1, -0.05) is 6.92 Å². The summed E-state index contributed by atoms with van der Waals surface area (Å²) in [5, 5.41) is 2.88. The fourth-order valence-corrected chi connectivity index (χ4v) is 2.56. The molecule has 1 saturated heterocycles. The van der Waals surface area contributed by atoms with Crippen LogP contribution in [-0.2, 0) is 4.79 Å². The molecule has 0 saturated carbocycles. The second-order valence-corrected chi connectivity index (χ2v) is 5.77. The molecule has 1 fully saturated rings. The SMILES string of the molecule is CCC(C)NC(=O)CN1CCN(c2cc(OC)ccc2OC)C1=O. The molecule has 7 heteroatoms. The van der Waals surface area contributed by atoms with Crippen LogP contribution in [-0.4, -0.2) is 56.7 Å². The number of amides is 3. The summed E-state index contributed by atoms with van der Waals surface area (Å²) in [6.45, 7) is 5.00. The number of nitrogens with one attached hydrogen (secondary N) is 1. The standard InChI is InChI=1S/C17H25N3O4/c1-5-12(2)18-16(21)11-19-8-9-20(17(19)22)14-10-13(23-3)6-7-15(14)24-4/h6-7,10,12H,5,8-9,11H2,1-4H3,(H,18,21). The molecular weight excluding hydrogens is 310 g/mol. The first-order valence-electron chi connectivity index (χ1n) is 8.08. The van der Waals surface area contributed by atoms with Gasteiger partial charge in [0, 0.05) is 25.2 Å². The third kappa shape index (κ3) is 3.90. The zero-order valence-corrected chi connectivity index (χ0v) is 14.7. The molecule has 1 heterocycles. The fraction of sp³-hybridized carbons (Fsp3) is 0.529. The Morgan fingerprint density at radius 1 is 1.29 bits per heavy atom. The quantitative estimate of drug-likeness (QED) is 0.826. The Morgan fingerprint density at radius 2 is 2.04 bits per heavy atom. The summed E-state index contributed by atoms with van der Waals surface area (Å²) in [6, 6.07) is 5.20. The molecule has 1 aromatic rings. The van der Waals surface area contributed by atoms with Gasteiger partial charge < -0.3 is 19.7 Å². The van der Waals surface area contributed by atoms with Crippen molar-refractivity contribution in [3.05, 3.63) is 18.2 Å². The van der Waals surface area contributed by atoms with E-state index >= 15 is 0 Å². The molecule has 3 amide bonds. The number of hydrogen-bond acceptors (Lipinski definition) is 4. The molecule has 1 atom stereocenters. The highest BCUT2D eigenvalue weighted by molar-refractivity contribution is 5.97. The average Bonchev–Trinajstić information content (AvgIpc) is 2.94. The highest BCUT2D eigenvalue weighted by atomic mass is 16.5. The summed E-state index contributed by atoms with van der Waals surface area (Å²) < 4.78 is 10.6. The van der Waals surface area contributed by atoms with Crippen LogP contribution in [0.5, 0.6) is 11.5 Å². The van der Waals surface area contributed by atoms with Gasteiger partial charge >= 0.3 is 6.03 Å². The van der Waals surface area contributed by atoms with E-state index in [9.17, 15) is 9.59 Å². The maximum atomic E-state index is 12.6. The predicted molar refractivity (Wildman–Crippen MR) is 91.8 cm³/mol. The van der Waals surface area contributed by atoms with Crippen LogP contribution in [0.3, 0.4) is 0 Å². The second kappa shape index (κ2) is 7.90. The van der Waals surface area contributed by atoms with Crippen LogP contribution in [0.2, 0.25) is 0 Å². The van der Waals surface area contributed by atoms with E-state index in [2.05, 4.69) is 5.32 Å². The first kappa shape index (κ1) is 17.9. The maximum Gasteiger partial charge on any atom is 0.325 e. The first-order valence-corrected chi connectivity index (χ1v) is 8.08. The number of anilines is 1. The molecule has 7 nitrogen and oxygen atoms in total. The lowest BCUT2D eigenvalue weighted by Crippen LogP contribution is -2.42. The van der Waals surface area contributed by atoms with Gasteiger partial charge in [0.2, 0.25) is 5.91 Å². The zero-order chi connectivity index (χ0) is 17.7. The van der Waals surface area contributed by atoms with E-state index < -0.39 is 0 Å². The van der Waals surface area contributed by atoms with Crippen molar-refractivity contribution < 1.29 is 19.1 Å². The Morgan fingerprint density at radius 3 is 2.67 bits per heavy atom. The molecule has 1 aliphatic rings. The topological polar surface area (TPSA) is 71.1 Å². The first-order chi connectivity index (χ1) is 11.5. The van der Waals surface area contributed by atoms with Gasteiger partial charge in [-0.2, -0.15) is 0 Å². The van der Waals surface area contributed by atoms with E-state index in [0.717, 1.165) is 6.42 Å². The summed E-state index contributed by atoms with van der Waals surface area (Å²) in [7, 11) is 3.13. The summed E-state index contributed by atoms with van der Waals surface area (Å²) in [5.41, 5.74) is 0.645. The van der Waals surface area contributed by atoms with E-state index in [1.807, 2.05) is 13.8 Å². The Kier molecular flexibility index (Phi) is 5.89. The van der Waals surface area contributed by atoms with Crippen LogP contribution in [0.25, 0.3) is 0 Å². The average molecular weight is 335 g/mol. The third-order valence-electron chi connectivity index (χ3n) is 4.13. The Labute approximate surface area is 142 Å². The predicted octanol–water partition coefficient (Wildman–Crippen LogP) is 1.86. The Balaban J connectivity index is 2.10. The van der Waals surface area contributed by atoms with Crippen molar-refractivity contribution in [3.8, 4) is 11.5 Å². The molecule has 2 rings (SSSR count). The molecule has 0 aromatic heterocycles. The summed E-state index contributed by atoms with van der Waals surface area (Å²) in [5.74, 6) is 1.10. The van der Waals surface area contributed by atoms with Crippen LogP contribution in [0, 0.1) is 0 Å². The lowest BCUT2D eigenvalue weighted by Gasteiger charge is -2.21. The number of hydrogen-bond donors (Lipinski definition) is 1. The number of ether oxygens (including phenoxy) is 2. The van der Waals surface area contributed by atoms with Gasteiger partial charge in [0.25, 0.3) is 0 Å². The molecular formula is C17H25N3O4. The van der Waals surface area contributed by atoms with Crippen LogP contribution < -0.4 is 19.7 Å². The fourth-order valence-electron chi connectivity index (χ4n) is 2.56. The van der Waals surface area contributed by atoms with Crippen LogP contribution in [0.15, 0.2) is 18.2 Å². The summed E-state index contributed by atoms with van der Waals surface area (Å²) in [4.78, 5) is 27.8. The van der Waals surface area contributed by atoms with Crippen molar-refractivity contribution in [1.82, 2.24) is 10.2 Å². The molecule has 1 N–H and O–H groups in total. The molecule has 0 spiro atoms. The number of methoxy groups -OCH3 is 2. The van der Waals surface area contributed by atoms with Gasteiger partial charge in [-0.15, -0.1) is 0 Å². The van der Waals surface area contributed by atoms with Crippen LogP contribution >= 0.6 is 0 Å². The molecule has 0 bridgehead atoms. The highest BCUT2D eigenvalue weighted by Gasteiger charge is 2.32. The maximum absolute atomic E-state index is 12.6. The van der Waals surface area contributed by atoms with Gasteiger partial charge in [-0.25, -0.2) is 4.79 Å². The lowest BCUT2D eigenvalue weighted by atomic mass is 10.2. The van der Waals surface area contributed by atoms with Crippen molar-refractivity contribution in [2.45, 2.75) is 26.3 Å². The van der Waals surface area contributed by atoms with E-state index in [0.29, 0.717) is 30.3 Å². The van der Waals surface area contributed by atoms with Crippen molar-refractivity contribution in [1.29, 1.82) is 0 Å². The number of carbonyl (C=O) groups is 2. The number of rotatable bonds is 7. The van der Waals surface area contributed by atoms with E-state index in [-0.39, 0.29) is 24.5 Å². The van der Waals surface area contributed by atoms with Crippen molar-refractivity contribution >= 4 is 17.6 Å². The van der Waals surface area contributed by atoms with Gasteiger partial charge in [-0.05, 0) is 25.5 Å². The minimum atomic E-state index is -0.208. The normalized spacial score (nSPS) is 15.4. The number of nitrogens with zero attached hydrogens (tertiary/aromatic N) is 2. The molecule has 1 aliphatic heterocycles. The molecule has 1 unspecified atom stereocenters. The molecule has 1 aromatic carbocycles. The van der Waals surface area contributed by atoms with Crippen LogP contribution in [0.1, 0.15) is 20.3 Å². The van der Waals surface area contributed by atoms with E-state index in [1.54, 1.807) is 37.3 Å². The minimum Gasteiger partial charge on any atom is -0.497 e. The second-order valence-electron chi connectivity index (χ2n) is 5.77. The molecule has 0 radical (unpaired) electrons. The number of carbonyl (C=O) groups excluding carboxylic acids is 2. The number of benzene rings is 1. The number of urea groups is 1. The lowest BCUT2D eigenvalue weighted by molar-refractivity contribution is -0.122. The van der Waals surface area contributed by atoms with Crippen molar-refractivity contribution in [3.63, 3.8) is 0 Å².